The first-order valence-electron chi connectivity index (χ1n) is 36.5. The van der Waals surface area contributed by atoms with Gasteiger partial charge in [0.25, 0.3) is 0 Å². The quantitative estimate of drug-likeness (QED) is 0.0222. The van der Waals surface area contributed by atoms with Gasteiger partial charge in [0, 0.05) is 25.7 Å². The summed E-state index contributed by atoms with van der Waals surface area (Å²) in [5, 5.41) is 10.6. The van der Waals surface area contributed by atoms with Crippen molar-refractivity contribution in [3.05, 3.63) is 0 Å². The maximum atomic E-state index is 13.0. The third kappa shape index (κ3) is 63.2. The minimum Gasteiger partial charge on any atom is -0.462 e. The molecule has 0 aromatic heterocycles. The van der Waals surface area contributed by atoms with E-state index in [9.17, 15) is 43.2 Å². The topological polar surface area (TPSA) is 237 Å². The molecule has 0 spiro atoms. The molecule has 3 N–H and O–H groups in total. The average molecular weight is 1310 g/mol. The molecule has 6 atom stereocenters. The molecular weight excluding hydrogens is 1170 g/mol. The first-order chi connectivity index (χ1) is 42.9. The number of esters is 4. The van der Waals surface area contributed by atoms with Crippen LogP contribution in [0, 0.1) is 11.8 Å². The fourth-order valence-electron chi connectivity index (χ4n) is 10.6. The Morgan fingerprint density at radius 3 is 0.854 bits per heavy atom. The third-order valence-electron chi connectivity index (χ3n) is 16.6. The highest BCUT2D eigenvalue weighted by Crippen LogP contribution is 2.45. The summed E-state index contributed by atoms with van der Waals surface area (Å²) < 4.78 is 68.1. The monoisotopic (exact) mass is 1310 g/mol. The van der Waals surface area contributed by atoms with E-state index in [0.717, 1.165) is 108 Å². The van der Waals surface area contributed by atoms with E-state index in [-0.39, 0.29) is 25.7 Å². The number of ether oxygens (including phenoxy) is 4. The van der Waals surface area contributed by atoms with Gasteiger partial charge in [-0.3, -0.25) is 37.3 Å². The molecule has 0 saturated heterocycles. The Bertz CT molecular complexity index is 1740. The second kappa shape index (κ2) is 62.2. The van der Waals surface area contributed by atoms with Crippen molar-refractivity contribution < 1.29 is 80.2 Å². The van der Waals surface area contributed by atoms with Gasteiger partial charge in [-0.2, -0.15) is 0 Å². The second-order valence-electron chi connectivity index (χ2n) is 26.0. The number of hydrogen-bond acceptors (Lipinski definition) is 15. The molecule has 0 aromatic rings. The molecule has 89 heavy (non-hydrogen) atoms. The van der Waals surface area contributed by atoms with Gasteiger partial charge in [-0.05, 0) is 37.5 Å². The standard InChI is InChI=1S/C70H136O17P2/c1-7-10-12-14-15-16-17-18-19-20-21-22-27-30-36-42-48-54-69(74)87-66(59-81-68(73)53-47-41-35-29-26-24-23-25-28-33-39-44-50-62(4)5)61-85-89(78,79)83-57-64(71)56-82-88(76,77)84-60-65(58-80-67(72)52-46-38-13-11-8-2)86-70(75)55-49-43-37-32-31-34-40-45-51-63(6)9-3/h62-66,71H,7-61H2,1-6H3,(H,76,77)(H,78,79)/t63?,64-,65+,66+/m0/s1. The van der Waals surface area contributed by atoms with Crippen molar-refractivity contribution in [2.75, 3.05) is 39.6 Å². The van der Waals surface area contributed by atoms with Crippen molar-refractivity contribution in [1.82, 2.24) is 0 Å². The Kier molecular flexibility index (Phi) is 60.8. The van der Waals surface area contributed by atoms with Crippen LogP contribution in [0.25, 0.3) is 0 Å². The van der Waals surface area contributed by atoms with E-state index >= 15 is 0 Å². The van der Waals surface area contributed by atoms with Crippen LogP contribution in [0.5, 0.6) is 0 Å². The number of carbonyl (C=O) groups excluding carboxylic acids is 4. The van der Waals surface area contributed by atoms with Gasteiger partial charge in [-0.15, -0.1) is 0 Å². The van der Waals surface area contributed by atoms with Crippen LogP contribution in [0.3, 0.4) is 0 Å². The van der Waals surface area contributed by atoms with E-state index in [1.165, 1.54) is 167 Å². The summed E-state index contributed by atoms with van der Waals surface area (Å²) in [6, 6.07) is 0. The number of phosphoric ester groups is 2. The average Bonchev–Trinajstić information content (AvgIpc) is 3.53. The molecule has 0 aromatic carbocycles. The molecule has 528 valence electrons. The molecule has 0 fully saturated rings. The molecular formula is C70H136O17P2. The molecule has 17 nitrogen and oxygen atoms in total. The summed E-state index contributed by atoms with van der Waals surface area (Å²) >= 11 is 0. The molecule has 19 heteroatoms. The number of aliphatic hydroxyl groups is 1. The zero-order valence-electron chi connectivity index (χ0n) is 57.7. The molecule has 3 unspecified atom stereocenters. The normalized spacial score (nSPS) is 14.4. The Morgan fingerprint density at radius 2 is 0.573 bits per heavy atom. The van der Waals surface area contributed by atoms with E-state index < -0.39 is 97.5 Å². The number of carbonyl (C=O) groups is 4. The van der Waals surface area contributed by atoms with Crippen LogP contribution < -0.4 is 0 Å². The maximum absolute atomic E-state index is 13.0. The predicted octanol–water partition coefficient (Wildman–Crippen LogP) is 20.0. The molecule has 0 heterocycles. The number of aliphatic hydroxyl groups excluding tert-OH is 1. The second-order valence-corrected chi connectivity index (χ2v) is 28.9. The minimum atomic E-state index is -4.95. The Labute approximate surface area is 543 Å². The highest BCUT2D eigenvalue weighted by Gasteiger charge is 2.30. The van der Waals surface area contributed by atoms with Crippen LogP contribution in [0.2, 0.25) is 0 Å². The number of rotatable bonds is 69. The van der Waals surface area contributed by atoms with Crippen LogP contribution in [0.4, 0.5) is 0 Å². The van der Waals surface area contributed by atoms with E-state index in [0.29, 0.717) is 25.7 Å². The maximum Gasteiger partial charge on any atom is 0.472 e. The molecule has 0 radical (unpaired) electrons. The van der Waals surface area contributed by atoms with Crippen molar-refractivity contribution in [2.24, 2.45) is 11.8 Å². The molecule has 0 saturated carbocycles. The van der Waals surface area contributed by atoms with Gasteiger partial charge in [0.15, 0.2) is 12.2 Å². The summed E-state index contributed by atoms with van der Waals surface area (Å²) in [4.78, 5) is 72.3. The van der Waals surface area contributed by atoms with E-state index in [1.54, 1.807) is 0 Å². The lowest BCUT2D eigenvalue weighted by Crippen LogP contribution is -2.30. The van der Waals surface area contributed by atoms with Crippen molar-refractivity contribution in [3.8, 4) is 0 Å². The lowest BCUT2D eigenvalue weighted by atomic mass is 9.99. The molecule has 0 bridgehead atoms. The first kappa shape index (κ1) is 87.1. The van der Waals surface area contributed by atoms with Gasteiger partial charge in [0.05, 0.1) is 26.4 Å². The van der Waals surface area contributed by atoms with E-state index in [4.69, 9.17) is 37.0 Å². The molecule has 0 aliphatic rings. The summed E-state index contributed by atoms with van der Waals surface area (Å²) in [6.45, 7) is 9.47. The summed E-state index contributed by atoms with van der Waals surface area (Å²) in [5.41, 5.74) is 0. The Morgan fingerprint density at radius 1 is 0.326 bits per heavy atom. The van der Waals surface area contributed by atoms with Crippen molar-refractivity contribution in [1.29, 1.82) is 0 Å². The Hall–Kier alpha value is -1.94. The van der Waals surface area contributed by atoms with E-state index in [2.05, 4.69) is 41.5 Å². The zero-order valence-corrected chi connectivity index (χ0v) is 59.5. The van der Waals surface area contributed by atoms with E-state index in [1.807, 2.05) is 0 Å². The number of phosphoric acid groups is 2. The van der Waals surface area contributed by atoms with Gasteiger partial charge >= 0.3 is 39.5 Å². The smallest absolute Gasteiger partial charge is 0.462 e. The minimum absolute atomic E-state index is 0.104. The van der Waals surface area contributed by atoms with Crippen LogP contribution in [0.1, 0.15) is 356 Å². The molecule has 0 aliphatic heterocycles. The summed E-state index contributed by atoms with van der Waals surface area (Å²) in [5.74, 6) is -0.584. The number of unbranched alkanes of at least 4 members (excludes halogenated alkanes) is 38. The lowest BCUT2D eigenvalue weighted by molar-refractivity contribution is -0.161. The van der Waals surface area contributed by atoms with Gasteiger partial charge in [0.2, 0.25) is 0 Å². The highest BCUT2D eigenvalue weighted by molar-refractivity contribution is 7.47. The van der Waals surface area contributed by atoms with Crippen molar-refractivity contribution >= 4 is 39.5 Å². The largest absolute Gasteiger partial charge is 0.472 e. The van der Waals surface area contributed by atoms with Crippen molar-refractivity contribution in [3.63, 3.8) is 0 Å². The molecule has 0 amide bonds. The van der Waals surface area contributed by atoms with Crippen LogP contribution in [-0.4, -0.2) is 96.7 Å². The molecule has 0 rings (SSSR count). The van der Waals surface area contributed by atoms with Crippen LogP contribution >= 0.6 is 15.6 Å². The first-order valence-corrected chi connectivity index (χ1v) is 39.5. The van der Waals surface area contributed by atoms with Gasteiger partial charge in [-0.1, -0.05) is 305 Å². The predicted molar refractivity (Wildman–Crippen MR) is 358 cm³/mol. The van der Waals surface area contributed by atoms with Crippen LogP contribution in [-0.2, 0) is 65.4 Å². The van der Waals surface area contributed by atoms with Gasteiger partial charge in [0.1, 0.15) is 19.3 Å². The summed E-state index contributed by atoms with van der Waals surface area (Å²) in [7, 11) is -9.89. The highest BCUT2D eigenvalue weighted by atomic mass is 31.2. The fourth-order valence-corrected chi connectivity index (χ4v) is 12.1. The van der Waals surface area contributed by atoms with Gasteiger partial charge in [-0.25, -0.2) is 9.13 Å². The lowest BCUT2D eigenvalue weighted by Gasteiger charge is -2.21. The Balaban J connectivity index is 5.17. The summed E-state index contributed by atoms with van der Waals surface area (Å²) in [6.07, 6.45) is 47.5. The van der Waals surface area contributed by atoms with Gasteiger partial charge < -0.3 is 33.8 Å². The number of hydrogen-bond donors (Lipinski definition) is 3. The fraction of sp³-hybridized carbons (Fsp3) is 0.943. The SMILES string of the molecule is CCCCCCCCCCCCCCCCCCCC(=O)O[C@H](COC(=O)CCCCCCCCCCCCCCC(C)C)COP(=O)(O)OC[C@@H](O)COP(=O)(O)OC[C@@H](COC(=O)CCCCCCC)OC(=O)CCCCCCCCCCC(C)CC. The van der Waals surface area contributed by atoms with Crippen molar-refractivity contribution in [2.45, 2.75) is 374 Å². The third-order valence-corrected chi connectivity index (χ3v) is 18.5. The van der Waals surface area contributed by atoms with Crippen LogP contribution in [0.15, 0.2) is 0 Å². The zero-order chi connectivity index (χ0) is 65.7. The molecule has 0 aliphatic carbocycles.